The Morgan fingerprint density at radius 1 is 0.519 bits per heavy atom. The normalized spacial score (nSPS) is 31.3. The van der Waals surface area contributed by atoms with Crippen LogP contribution in [0.15, 0.2) is 0 Å². The number of unbranched alkanes of at least 4 members (excludes halogenated alkanes) is 3. The topological polar surface area (TPSA) is 55.4 Å². The van der Waals surface area contributed by atoms with Crippen LogP contribution in [0, 0.1) is 0 Å². The minimum atomic E-state index is -2.48. The summed E-state index contributed by atoms with van der Waals surface area (Å²) in [7, 11) is -7.43. The molecule has 0 bridgehead atoms. The zero-order valence-corrected chi connectivity index (χ0v) is 21.4. The van der Waals surface area contributed by atoms with Gasteiger partial charge in [0.2, 0.25) is 0 Å². The maximum Gasteiger partial charge on any atom is 0.344 e. The van der Waals surface area contributed by atoms with E-state index >= 15 is 0 Å². The molecule has 0 atom stereocenters. The first kappa shape index (κ1) is 25.4. The highest BCUT2D eigenvalue weighted by Crippen LogP contribution is 2.31. The van der Waals surface area contributed by atoms with Crippen molar-refractivity contribution in [3.63, 3.8) is 0 Å². The van der Waals surface area contributed by atoms with Gasteiger partial charge >= 0.3 is 25.7 Å². The molecular weight excluding hydrogens is 396 g/mol. The number of rotatable bonds is 15. The van der Waals surface area contributed by atoms with Gasteiger partial charge in [-0.3, -0.25) is 0 Å². The Morgan fingerprint density at radius 3 is 1.00 bits per heavy atom. The minimum Gasteiger partial charge on any atom is -0.413 e. The Hall–Kier alpha value is 0.411. The highest BCUT2D eigenvalue weighted by atomic mass is 28.5. The third-order valence-electron chi connectivity index (χ3n) is 4.31. The van der Waals surface area contributed by atoms with Crippen molar-refractivity contribution in [2.45, 2.75) is 78.9 Å². The molecule has 162 valence electrons. The van der Waals surface area contributed by atoms with Gasteiger partial charge in [-0.25, -0.2) is 0 Å². The van der Waals surface area contributed by atoms with Crippen LogP contribution >= 0.6 is 0 Å². The largest absolute Gasteiger partial charge is 0.413 e. The Bertz CT molecular complexity index is 336. The Kier molecular flexibility index (Phi) is 12.1. The number of ether oxygens (including phenoxy) is 3. The first-order valence-corrected chi connectivity index (χ1v) is 18.2. The lowest BCUT2D eigenvalue weighted by Gasteiger charge is -2.49. The zero-order chi connectivity index (χ0) is 20.2. The second-order valence-corrected chi connectivity index (χ2v) is 18.0. The van der Waals surface area contributed by atoms with Crippen molar-refractivity contribution in [3.8, 4) is 0 Å². The average molecular weight is 439 g/mol. The van der Waals surface area contributed by atoms with Crippen molar-refractivity contribution >= 4 is 25.7 Å². The fraction of sp³-hybridized carbons (Fsp3) is 1.00. The molecule has 0 N–H and O–H groups in total. The molecule has 0 radical (unpaired) electrons. The number of hydrogen-bond donors (Lipinski definition) is 0. The van der Waals surface area contributed by atoms with Gasteiger partial charge in [0.05, 0.1) is 18.7 Å². The maximum atomic E-state index is 6.51. The van der Waals surface area contributed by atoms with E-state index in [1.54, 1.807) is 0 Å². The molecule has 0 aromatic heterocycles. The van der Waals surface area contributed by atoms with E-state index in [2.05, 4.69) is 40.4 Å². The Balaban J connectivity index is 2.74. The molecule has 0 amide bonds. The zero-order valence-electron chi connectivity index (χ0n) is 18.4. The Labute approximate surface area is 170 Å². The minimum absolute atomic E-state index is 0.547. The van der Waals surface area contributed by atoms with Crippen molar-refractivity contribution in [1.29, 1.82) is 0 Å². The summed E-state index contributed by atoms with van der Waals surface area (Å²) in [6, 6.07) is 0. The van der Waals surface area contributed by atoms with Gasteiger partial charge in [0.1, 0.15) is 0 Å². The molecule has 1 aliphatic heterocycles. The lowest BCUT2D eigenvalue weighted by Crippen LogP contribution is -2.72. The van der Waals surface area contributed by atoms with Gasteiger partial charge in [-0.2, -0.15) is 0 Å². The molecule has 9 heteroatoms. The van der Waals surface area contributed by atoms with E-state index in [4.69, 9.17) is 26.6 Å². The van der Waals surface area contributed by atoms with Crippen molar-refractivity contribution in [2.75, 3.05) is 38.5 Å². The second kappa shape index (κ2) is 12.9. The summed E-state index contributed by atoms with van der Waals surface area (Å²) in [5.74, 6) is 0. The predicted octanol–water partition coefficient (Wildman–Crippen LogP) is 4.33. The monoisotopic (exact) mass is 438 g/mol. The van der Waals surface area contributed by atoms with Crippen molar-refractivity contribution < 1.29 is 26.6 Å². The van der Waals surface area contributed by atoms with E-state index in [0.717, 1.165) is 58.3 Å². The van der Waals surface area contributed by atoms with Gasteiger partial charge in [0.15, 0.2) is 0 Å². The van der Waals surface area contributed by atoms with Gasteiger partial charge < -0.3 is 26.6 Å². The molecule has 0 aromatic carbocycles. The van der Waals surface area contributed by atoms with E-state index < -0.39 is 25.7 Å². The molecule has 0 unspecified atom stereocenters. The smallest absolute Gasteiger partial charge is 0.344 e. The lowest BCUT2D eigenvalue weighted by molar-refractivity contribution is 0.0880. The summed E-state index contributed by atoms with van der Waals surface area (Å²) < 4.78 is 37.2. The third-order valence-corrected chi connectivity index (χ3v) is 16.9. The molecule has 1 aliphatic rings. The molecular formula is C18H42O6Si3. The maximum absolute atomic E-state index is 6.51. The fourth-order valence-corrected chi connectivity index (χ4v) is 18.7. The summed E-state index contributed by atoms with van der Waals surface area (Å²) in [4.78, 5) is 0. The first-order valence-electron chi connectivity index (χ1n) is 10.6. The van der Waals surface area contributed by atoms with Crippen LogP contribution < -0.4 is 0 Å². The van der Waals surface area contributed by atoms with Crippen LogP contribution in [0.4, 0.5) is 0 Å². The molecule has 1 fully saturated rings. The molecule has 0 aromatic rings. The average Bonchev–Trinajstić information content (AvgIpc) is 2.58. The van der Waals surface area contributed by atoms with E-state index in [1.807, 2.05) is 0 Å². The van der Waals surface area contributed by atoms with Gasteiger partial charge in [0, 0.05) is 19.8 Å². The van der Waals surface area contributed by atoms with Gasteiger partial charge in [0.25, 0.3) is 0 Å². The Morgan fingerprint density at radius 2 is 0.778 bits per heavy atom. The molecule has 0 spiro atoms. The summed E-state index contributed by atoms with van der Waals surface area (Å²) in [6.07, 6.45) is 8.19. The standard InChI is InChI=1S/C18H42O6Si3/c1-7-10-13-19-16-25(4)22-26(5,17-20-14-11-8-2)24-27(6,23-25)18-21-15-12-9-3/h7-18H2,1-6H3. The van der Waals surface area contributed by atoms with Gasteiger partial charge in [-0.15, -0.1) is 0 Å². The molecule has 27 heavy (non-hydrogen) atoms. The van der Waals surface area contributed by atoms with Crippen LogP contribution in [0.3, 0.4) is 0 Å². The van der Waals surface area contributed by atoms with Crippen LogP contribution in [-0.2, 0) is 26.6 Å². The van der Waals surface area contributed by atoms with Crippen molar-refractivity contribution in [1.82, 2.24) is 0 Å². The lowest BCUT2D eigenvalue weighted by atomic mass is 10.4. The summed E-state index contributed by atoms with van der Waals surface area (Å²) in [6.45, 7) is 15.1. The van der Waals surface area contributed by atoms with E-state index in [9.17, 15) is 0 Å². The molecule has 0 aliphatic carbocycles. The van der Waals surface area contributed by atoms with E-state index in [-0.39, 0.29) is 0 Å². The number of hydrogen-bond acceptors (Lipinski definition) is 6. The van der Waals surface area contributed by atoms with Gasteiger partial charge in [-0.1, -0.05) is 40.0 Å². The van der Waals surface area contributed by atoms with Crippen molar-refractivity contribution in [3.05, 3.63) is 0 Å². The second-order valence-electron chi connectivity index (χ2n) is 7.93. The molecule has 6 nitrogen and oxygen atoms in total. The highest BCUT2D eigenvalue weighted by Gasteiger charge is 2.57. The molecule has 1 rings (SSSR count). The SMILES string of the molecule is CCCCOC[Si]1(C)O[Si](C)(COCCCC)O[Si](C)(COCCCC)O1. The molecule has 0 saturated carbocycles. The quantitative estimate of drug-likeness (QED) is 0.280. The van der Waals surface area contributed by atoms with Crippen LogP contribution in [0.2, 0.25) is 19.6 Å². The van der Waals surface area contributed by atoms with E-state index in [0.29, 0.717) is 18.7 Å². The van der Waals surface area contributed by atoms with E-state index in [1.165, 1.54) is 0 Å². The fourth-order valence-electron chi connectivity index (χ4n) is 3.12. The highest BCUT2D eigenvalue weighted by molar-refractivity contribution is 6.93. The summed E-state index contributed by atoms with van der Waals surface area (Å²) in [5.41, 5.74) is 0. The summed E-state index contributed by atoms with van der Waals surface area (Å²) in [5, 5.41) is 0. The summed E-state index contributed by atoms with van der Waals surface area (Å²) >= 11 is 0. The molecule has 1 saturated heterocycles. The van der Waals surface area contributed by atoms with Gasteiger partial charge in [-0.05, 0) is 38.9 Å². The van der Waals surface area contributed by atoms with Crippen LogP contribution in [-0.4, -0.2) is 64.2 Å². The van der Waals surface area contributed by atoms with Crippen LogP contribution in [0.25, 0.3) is 0 Å². The predicted molar refractivity (Wildman–Crippen MR) is 115 cm³/mol. The third kappa shape index (κ3) is 10.1. The molecule has 1 heterocycles. The first-order chi connectivity index (χ1) is 12.8. The van der Waals surface area contributed by atoms with Crippen LogP contribution in [0.5, 0.6) is 0 Å². The van der Waals surface area contributed by atoms with Crippen LogP contribution in [0.1, 0.15) is 59.3 Å². The van der Waals surface area contributed by atoms with Crippen molar-refractivity contribution in [2.24, 2.45) is 0 Å².